The van der Waals surface area contributed by atoms with Crippen molar-refractivity contribution in [3.8, 4) is 95.3 Å². The quantitative estimate of drug-likeness (QED) is 0.166. The van der Waals surface area contributed by atoms with Crippen molar-refractivity contribution in [3.05, 3.63) is 409 Å². The highest BCUT2D eigenvalue weighted by molar-refractivity contribution is 7.25. The van der Waals surface area contributed by atoms with Gasteiger partial charge in [0, 0.05) is 131 Å². The molecule has 0 saturated heterocycles. The molecule has 0 N–H and O–H groups in total. The van der Waals surface area contributed by atoms with Crippen LogP contribution in [0.5, 0.6) is 0 Å². The molecular formula is C117H84N6OS. The van der Waals surface area contributed by atoms with Crippen LogP contribution >= 0.6 is 11.3 Å². The van der Waals surface area contributed by atoms with E-state index in [1.165, 1.54) is 180 Å². The summed E-state index contributed by atoms with van der Waals surface area (Å²) in [5, 5.41) is 12.5. The Kier molecular flexibility index (Phi) is 15.7. The van der Waals surface area contributed by atoms with E-state index in [1.54, 1.807) is 0 Å². The van der Waals surface area contributed by atoms with Gasteiger partial charge in [-0.1, -0.05) is 298 Å². The van der Waals surface area contributed by atoms with Crippen LogP contribution in [0.25, 0.3) is 203 Å². The van der Waals surface area contributed by atoms with Gasteiger partial charge in [0.25, 0.3) is 0 Å². The second-order valence-corrected chi connectivity index (χ2v) is 37.6. The number of hydrogen-bond donors (Lipinski definition) is 0. The van der Waals surface area contributed by atoms with Gasteiger partial charge < -0.3 is 4.42 Å². The summed E-state index contributed by atoms with van der Waals surface area (Å²) < 4.78 is 16.0. The van der Waals surface area contributed by atoms with Crippen LogP contribution < -0.4 is 0 Å². The Morgan fingerprint density at radius 3 is 1.33 bits per heavy atom. The van der Waals surface area contributed by atoms with Crippen molar-refractivity contribution < 1.29 is 4.42 Å². The van der Waals surface area contributed by atoms with Crippen molar-refractivity contribution in [2.45, 2.75) is 77.0 Å². The van der Waals surface area contributed by atoms with Crippen LogP contribution in [0.15, 0.2) is 369 Å². The lowest BCUT2D eigenvalue weighted by Gasteiger charge is -2.21. The third-order valence-corrected chi connectivity index (χ3v) is 29.6. The Bertz CT molecular complexity index is 8530. The molecule has 8 heterocycles. The molecule has 594 valence electrons. The largest absolute Gasteiger partial charge is 0.455 e. The second kappa shape index (κ2) is 26.8. The minimum Gasteiger partial charge on any atom is -0.455 e. The lowest BCUT2D eigenvalue weighted by molar-refractivity contribution is 0.660. The van der Waals surface area contributed by atoms with E-state index in [-0.39, 0.29) is 21.7 Å². The van der Waals surface area contributed by atoms with E-state index in [0.717, 1.165) is 67.2 Å². The normalized spacial score (nSPS) is 14.3. The van der Waals surface area contributed by atoms with Crippen molar-refractivity contribution in [1.82, 2.24) is 28.7 Å². The molecule has 15 aromatic carbocycles. The number of benzene rings is 15. The summed E-state index contributed by atoms with van der Waals surface area (Å²) in [5.74, 6) is 2.79. The van der Waals surface area contributed by atoms with Gasteiger partial charge in [0.05, 0.1) is 33.1 Å². The fourth-order valence-electron chi connectivity index (χ4n) is 22.2. The maximum Gasteiger partial charge on any atom is 0.143 e. The fraction of sp³-hybridized carbons (Fsp3) is 0.103. The molecule has 0 saturated carbocycles. The maximum absolute atomic E-state index is 6.31. The van der Waals surface area contributed by atoms with Crippen LogP contribution in [-0.4, -0.2) is 28.7 Å². The van der Waals surface area contributed by atoms with Gasteiger partial charge in [-0.25, -0.2) is 15.0 Å². The molecule has 0 radical (unpaired) electrons. The topological polar surface area (TPSA) is 66.6 Å². The van der Waals surface area contributed by atoms with Crippen LogP contribution in [-0.2, 0) is 21.7 Å². The minimum atomic E-state index is -0.0561. The number of pyridine rings is 3. The zero-order valence-corrected chi connectivity index (χ0v) is 71.5. The average molecular weight is 1620 g/mol. The van der Waals surface area contributed by atoms with Gasteiger partial charge in [-0.3, -0.25) is 13.7 Å². The first-order valence-electron chi connectivity index (χ1n) is 43.5. The molecule has 8 aromatic heterocycles. The number of nitrogens with zero attached hydrogens (tertiary/aromatic N) is 6. The van der Waals surface area contributed by atoms with Crippen LogP contribution in [0.3, 0.4) is 0 Å². The smallest absolute Gasteiger partial charge is 0.143 e. The third kappa shape index (κ3) is 10.6. The van der Waals surface area contributed by atoms with Gasteiger partial charge in [-0.05, 0) is 198 Å². The van der Waals surface area contributed by atoms with E-state index < -0.39 is 0 Å². The van der Waals surface area contributed by atoms with Crippen LogP contribution in [0.2, 0.25) is 0 Å². The highest BCUT2D eigenvalue weighted by Gasteiger charge is 2.42. The molecule has 0 fully saturated rings. The number of furan rings is 1. The maximum atomic E-state index is 6.31. The van der Waals surface area contributed by atoms with Crippen molar-refractivity contribution in [2.75, 3.05) is 0 Å². The van der Waals surface area contributed by atoms with Crippen molar-refractivity contribution in [3.63, 3.8) is 0 Å². The molecule has 0 bridgehead atoms. The summed E-state index contributed by atoms with van der Waals surface area (Å²) >= 11 is 1.85. The molecule has 7 nitrogen and oxygen atoms in total. The molecule has 0 unspecified atom stereocenters. The van der Waals surface area contributed by atoms with Gasteiger partial charge in [-0.2, -0.15) is 0 Å². The van der Waals surface area contributed by atoms with E-state index in [0.29, 0.717) is 0 Å². The molecule has 0 atom stereocenters. The van der Waals surface area contributed by atoms with Crippen molar-refractivity contribution in [2.24, 2.45) is 0 Å². The fourth-order valence-corrected chi connectivity index (χ4v) is 23.3. The first-order chi connectivity index (χ1) is 61.0. The van der Waals surface area contributed by atoms with E-state index >= 15 is 0 Å². The summed E-state index contributed by atoms with van der Waals surface area (Å²) in [6, 6.07) is 126. The zero-order valence-electron chi connectivity index (χ0n) is 70.6. The second-order valence-electron chi connectivity index (χ2n) is 36.5. The molecule has 125 heavy (non-hydrogen) atoms. The SMILES string of the molecule is CC1(C)c2ccccc2-c2c1ccc1c2c2ccccc2n1-c1ccc(-c2cccc3c2oc2ccccc23)cn1.CC1(C)c2ccccc2-c2c1ccc1c3ccccc3n(-c3ccc(-c4ccc5sc6ccccc6c5c4)cn3)c21.CC1(C)c2ccccc2-c2cc(-c3ccc(-n4c5ccccc5c5cc6c(cc54)C(C)(C)c4ccccc4-6)nc3)ccc21. The number of hydrogen-bond acceptors (Lipinski definition) is 5. The predicted octanol–water partition coefficient (Wildman–Crippen LogP) is 31.0. The molecule has 23 aromatic rings. The van der Waals surface area contributed by atoms with E-state index in [4.69, 9.17) is 19.4 Å². The molecule has 0 spiro atoms. The summed E-state index contributed by atoms with van der Waals surface area (Å²) in [4.78, 5) is 15.3. The Morgan fingerprint density at radius 2 is 0.672 bits per heavy atom. The Balaban J connectivity index is 0.000000103. The van der Waals surface area contributed by atoms with E-state index in [2.05, 4.69) is 403 Å². The number of para-hydroxylation sites is 5. The standard InChI is InChI=1S/C41H32N2.C38H26N2O.C38H26N2S/c1-40(2)33-14-8-5-11-27(33)30-21-25(17-19-35(30)40)26-18-20-39(42-24-26)43-37-16-10-7-13-29(37)32-22-31-28-12-6-9-15-34(28)41(3,4)36(31)23-38(32)43;1-38(2)29-15-6-3-11-27(29)35-30(38)19-20-32-36(35)28-12-4-7-16-31(28)40(32)34-21-18-23(22-39-34)24-13-9-14-26-25-10-5-8-17-33(25)41-37(24)26;1-38(2)30-12-6-3-11-28(30)36-31(38)18-17-27-25-9-4-7-13-32(25)40(37(27)36)35-20-16-24(22-39-35)23-15-19-34-29(21-23)26-10-5-8-14-33(26)41-34/h5-24H,1-4H3;2*3-22H,1-2H3. The molecule has 8 heteroatoms. The summed E-state index contributed by atoms with van der Waals surface area (Å²) in [5.41, 5.74) is 37.4. The van der Waals surface area contributed by atoms with Gasteiger partial charge in [0.2, 0.25) is 0 Å². The molecule has 4 aliphatic carbocycles. The lowest BCUT2D eigenvalue weighted by atomic mass is 9.82. The monoisotopic (exact) mass is 1620 g/mol. The number of fused-ring (bicyclic) bond motifs is 29. The molecule has 0 aliphatic heterocycles. The minimum absolute atomic E-state index is 0.0131. The third-order valence-electron chi connectivity index (χ3n) is 28.4. The van der Waals surface area contributed by atoms with Gasteiger partial charge in [0.1, 0.15) is 28.6 Å². The lowest BCUT2D eigenvalue weighted by Crippen LogP contribution is -2.15. The van der Waals surface area contributed by atoms with Gasteiger partial charge in [0.15, 0.2) is 0 Å². The van der Waals surface area contributed by atoms with Gasteiger partial charge >= 0.3 is 0 Å². The first-order valence-corrected chi connectivity index (χ1v) is 44.3. The van der Waals surface area contributed by atoms with Gasteiger partial charge in [-0.15, -0.1) is 11.3 Å². The predicted molar refractivity (Wildman–Crippen MR) is 522 cm³/mol. The Labute approximate surface area is 728 Å². The summed E-state index contributed by atoms with van der Waals surface area (Å²) in [7, 11) is 0. The van der Waals surface area contributed by atoms with Crippen LogP contribution in [0, 0.1) is 0 Å². The van der Waals surface area contributed by atoms with Crippen LogP contribution in [0.4, 0.5) is 0 Å². The number of thiophene rings is 1. The zero-order chi connectivity index (χ0) is 83.7. The summed E-state index contributed by atoms with van der Waals surface area (Å²) in [6.07, 6.45) is 6.05. The average Bonchev–Trinajstić information content (AvgIpc) is 1.54. The molecular weight excluding hydrogens is 1540 g/mol. The van der Waals surface area contributed by atoms with E-state index in [9.17, 15) is 0 Å². The van der Waals surface area contributed by atoms with Crippen molar-refractivity contribution >= 4 is 119 Å². The molecule has 4 aliphatic rings. The highest BCUT2D eigenvalue weighted by Crippen LogP contribution is 2.57. The number of rotatable bonds is 6. The van der Waals surface area contributed by atoms with Crippen molar-refractivity contribution in [1.29, 1.82) is 0 Å². The van der Waals surface area contributed by atoms with E-state index in [1.807, 2.05) is 42.1 Å². The Hall–Kier alpha value is -14.8. The highest BCUT2D eigenvalue weighted by atomic mass is 32.1. The molecule has 0 amide bonds. The van der Waals surface area contributed by atoms with Crippen LogP contribution in [0.1, 0.15) is 99.9 Å². The first kappa shape index (κ1) is 72.9. The Morgan fingerprint density at radius 1 is 0.240 bits per heavy atom. The molecule has 27 rings (SSSR count). The summed E-state index contributed by atoms with van der Waals surface area (Å²) in [6.45, 7) is 18.7. The number of aromatic nitrogens is 6.